The molecule has 1 aromatic heterocycles. The molecular weight excluding hydrogens is 147 g/mol. The second kappa shape index (κ2) is 2.70. The highest BCUT2D eigenvalue weighted by molar-refractivity contribution is 6.52. The van der Waals surface area contributed by atoms with Crippen LogP contribution >= 0.6 is 0 Å². The highest BCUT2D eigenvalue weighted by atomic mass is 16.3. The summed E-state index contributed by atoms with van der Waals surface area (Å²) in [6.07, 6.45) is 0. The lowest BCUT2D eigenvalue weighted by Crippen LogP contribution is -2.08. The molecule has 0 unspecified atom stereocenters. The molecule has 1 radical (unpaired) electrons. The van der Waals surface area contributed by atoms with Crippen molar-refractivity contribution in [3.8, 4) is 0 Å². The van der Waals surface area contributed by atoms with Gasteiger partial charge in [0.05, 0.1) is 0 Å². The molecule has 1 nitrogen and oxygen atoms in total. The first-order valence-corrected chi connectivity index (χ1v) is 4.09. The normalized spacial score (nSPS) is 10.5. The molecule has 0 spiro atoms. The Hall–Kier alpha value is -1.18. The summed E-state index contributed by atoms with van der Waals surface area (Å²) in [4.78, 5) is 0. The first-order chi connectivity index (χ1) is 5.79. The van der Waals surface area contributed by atoms with Gasteiger partial charge in [0.15, 0.2) is 0 Å². The maximum absolute atomic E-state index is 5.45. The molecule has 0 atom stereocenters. The monoisotopic (exact) mass is 157 g/mol. The van der Waals surface area contributed by atoms with Gasteiger partial charge in [0.2, 0.25) is 0 Å². The maximum Gasteiger partial charge on any atom is 0.148 e. The van der Waals surface area contributed by atoms with E-state index in [0.717, 1.165) is 11.3 Å². The van der Waals surface area contributed by atoms with E-state index in [1.54, 1.807) is 0 Å². The van der Waals surface area contributed by atoms with E-state index in [9.17, 15) is 0 Å². The van der Waals surface area contributed by atoms with Crippen molar-refractivity contribution in [3.05, 3.63) is 30.0 Å². The molecule has 12 heavy (non-hydrogen) atoms. The Morgan fingerprint density at radius 3 is 2.83 bits per heavy atom. The van der Waals surface area contributed by atoms with E-state index < -0.39 is 0 Å². The zero-order chi connectivity index (χ0) is 8.55. The van der Waals surface area contributed by atoms with Gasteiger partial charge >= 0.3 is 0 Å². The molecule has 0 aliphatic heterocycles. The largest absolute Gasteiger partial charge is 0.461 e. The number of hydrogen-bond donors (Lipinski definition) is 0. The summed E-state index contributed by atoms with van der Waals surface area (Å²) in [7, 11) is 2.09. The van der Waals surface area contributed by atoms with E-state index in [0.29, 0.717) is 0 Å². The predicted molar refractivity (Wildman–Crippen MR) is 52.2 cm³/mol. The van der Waals surface area contributed by atoms with Crippen molar-refractivity contribution >= 4 is 23.7 Å². The predicted octanol–water partition coefficient (Wildman–Crippen LogP) is 2.12. The number of furan rings is 1. The van der Waals surface area contributed by atoms with Gasteiger partial charge in [-0.2, -0.15) is 0 Å². The SMILES string of the molecule is C[B]c1ccc2oc(C)cc2c1. The third-order valence-corrected chi connectivity index (χ3v) is 2.00. The van der Waals surface area contributed by atoms with Crippen LogP contribution in [-0.2, 0) is 0 Å². The number of aryl methyl sites for hydroxylation is 1. The minimum Gasteiger partial charge on any atom is -0.461 e. The first kappa shape index (κ1) is 7.47. The van der Waals surface area contributed by atoms with Crippen LogP contribution in [0.5, 0.6) is 0 Å². The molecule has 0 saturated heterocycles. The van der Waals surface area contributed by atoms with Crippen LogP contribution < -0.4 is 5.46 Å². The summed E-state index contributed by atoms with van der Waals surface area (Å²) in [5, 5.41) is 1.18. The Labute approximate surface area is 72.6 Å². The third kappa shape index (κ3) is 1.13. The molecule has 0 saturated carbocycles. The molecule has 59 valence electrons. The Kier molecular flexibility index (Phi) is 1.68. The van der Waals surface area contributed by atoms with E-state index in [-0.39, 0.29) is 0 Å². The Morgan fingerprint density at radius 1 is 1.25 bits per heavy atom. The summed E-state index contributed by atoms with van der Waals surface area (Å²) in [6, 6.07) is 8.26. The second-order valence-electron chi connectivity index (χ2n) is 2.94. The Balaban J connectivity index is 2.66. The van der Waals surface area contributed by atoms with Gasteiger partial charge in [0, 0.05) is 5.39 Å². The minimum absolute atomic E-state index is 0.970. The molecule has 2 rings (SSSR count). The summed E-state index contributed by atoms with van der Waals surface area (Å²) in [5.41, 5.74) is 2.21. The van der Waals surface area contributed by atoms with Gasteiger partial charge in [-0.1, -0.05) is 24.4 Å². The molecular formula is C10H10BO. The first-order valence-electron chi connectivity index (χ1n) is 4.09. The Morgan fingerprint density at radius 2 is 2.08 bits per heavy atom. The van der Waals surface area contributed by atoms with E-state index in [4.69, 9.17) is 4.42 Å². The fourth-order valence-electron chi connectivity index (χ4n) is 1.37. The molecule has 0 N–H and O–H groups in total. The number of rotatable bonds is 1. The molecule has 2 heteroatoms. The molecule has 0 fully saturated rings. The van der Waals surface area contributed by atoms with E-state index in [1.165, 1.54) is 10.8 Å². The van der Waals surface area contributed by atoms with Crippen molar-refractivity contribution in [1.29, 1.82) is 0 Å². The van der Waals surface area contributed by atoms with E-state index in [2.05, 4.69) is 25.5 Å². The highest BCUT2D eigenvalue weighted by Gasteiger charge is 1.99. The number of hydrogen-bond acceptors (Lipinski definition) is 1. The zero-order valence-corrected chi connectivity index (χ0v) is 7.29. The lowest BCUT2D eigenvalue weighted by Gasteiger charge is -1.93. The van der Waals surface area contributed by atoms with Crippen molar-refractivity contribution < 1.29 is 4.42 Å². The topological polar surface area (TPSA) is 13.1 Å². The standard InChI is InChI=1S/C10H10BO/c1-7-5-8-6-9(11-2)3-4-10(8)12-7/h3-6H,1-2H3. The van der Waals surface area contributed by atoms with Crippen molar-refractivity contribution in [2.45, 2.75) is 13.7 Å². The second-order valence-corrected chi connectivity index (χ2v) is 2.94. The van der Waals surface area contributed by atoms with Gasteiger partial charge < -0.3 is 4.42 Å². The van der Waals surface area contributed by atoms with Crippen LogP contribution in [-0.4, -0.2) is 7.28 Å². The van der Waals surface area contributed by atoms with Crippen LogP contribution in [0.1, 0.15) is 5.76 Å². The Bertz CT molecular complexity index is 403. The van der Waals surface area contributed by atoms with Crippen molar-refractivity contribution in [2.75, 3.05) is 0 Å². The molecule has 2 aromatic rings. The van der Waals surface area contributed by atoms with Gasteiger partial charge in [0.25, 0.3) is 0 Å². The molecule has 1 aromatic carbocycles. The number of fused-ring (bicyclic) bond motifs is 1. The smallest absolute Gasteiger partial charge is 0.148 e. The van der Waals surface area contributed by atoms with Crippen LogP contribution in [0, 0.1) is 6.92 Å². The summed E-state index contributed by atoms with van der Waals surface area (Å²) < 4.78 is 5.45. The van der Waals surface area contributed by atoms with Crippen molar-refractivity contribution in [1.82, 2.24) is 0 Å². The van der Waals surface area contributed by atoms with Gasteiger partial charge in [-0.3, -0.25) is 0 Å². The van der Waals surface area contributed by atoms with Crippen LogP contribution in [0.4, 0.5) is 0 Å². The highest BCUT2D eigenvalue weighted by Crippen LogP contribution is 2.16. The lowest BCUT2D eigenvalue weighted by atomic mass is 9.73. The summed E-state index contributed by atoms with van der Waals surface area (Å²) in [5.74, 6) is 0.971. The lowest BCUT2D eigenvalue weighted by molar-refractivity contribution is 0.578. The van der Waals surface area contributed by atoms with Gasteiger partial charge in [0.1, 0.15) is 18.6 Å². The average molecular weight is 157 g/mol. The van der Waals surface area contributed by atoms with Crippen LogP contribution in [0.15, 0.2) is 28.7 Å². The zero-order valence-electron chi connectivity index (χ0n) is 7.29. The van der Waals surface area contributed by atoms with Gasteiger partial charge in [-0.25, -0.2) is 0 Å². The van der Waals surface area contributed by atoms with Crippen molar-refractivity contribution in [2.24, 2.45) is 0 Å². The fourth-order valence-corrected chi connectivity index (χ4v) is 1.37. The number of benzene rings is 1. The van der Waals surface area contributed by atoms with E-state index in [1.807, 2.05) is 19.8 Å². The van der Waals surface area contributed by atoms with Crippen molar-refractivity contribution in [3.63, 3.8) is 0 Å². The fraction of sp³-hybridized carbons (Fsp3) is 0.200. The molecule has 0 bridgehead atoms. The quantitative estimate of drug-likeness (QED) is 0.577. The third-order valence-electron chi connectivity index (χ3n) is 2.00. The molecule has 0 aliphatic carbocycles. The molecule has 1 heterocycles. The van der Waals surface area contributed by atoms with Gasteiger partial charge in [-0.05, 0) is 19.1 Å². The average Bonchev–Trinajstić information content (AvgIpc) is 2.43. The molecule has 0 amide bonds. The summed E-state index contributed by atoms with van der Waals surface area (Å²) in [6.45, 7) is 4.00. The van der Waals surface area contributed by atoms with E-state index >= 15 is 0 Å². The van der Waals surface area contributed by atoms with Gasteiger partial charge in [-0.15, -0.1) is 0 Å². The summed E-state index contributed by atoms with van der Waals surface area (Å²) >= 11 is 0. The minimum atomic E-state index is 0.970. The van der Waals surface area contributed by atoms with Crippen LogP contribution in [0.25, 0.3) is 11.0 Å². The van der Waals surface area contributed by atoms with Crippen LogP contribution in [0.2, 0.25) is 6.82 Å². The van der Waals surface area contributed by atoms with Crippen LogP contribution in [0.3, 0.4) is 0 Å². The maximum atomic E-state index is 5.45. The molecule has 0 aliphatic rings.